The average Bonchev–Trinajstić information content (AvgIpc) is 2.75. The van der Waals surface area contributed by atoms with Gasteiger partial charge in [0, 0.05) is 25.5 Å². The van der Waals surface area contributed by atoms with Crippen LogP contribution >= 0.6 is 0 Å². The molecule has 1 aliphatic rings. The number of nitrogens with zero attached hydrogens (tertiary/aromatic N) is 3. The number of aromatic nitrogens is 2. The van der Waals surface area contributed by atoms with Gasteiger partial charge in [0.05, 0.1) is 5.52 Å². The van der Waals surface area contributed by atoms with Crippen LogP contribution in [0.3, 0.4) is 0 Å². The van der Waals surface area contributed by atoms with E-state index in [2.05, 4.69) is 5.10 Å². The number of benzene rings is 1. The zero-order valence-electron chi connectivity index (χ0n) is 10.6. The van der Waals surface area contributed by atoms with Crippen LogP contribution in [0.5, 0.6) is 0 Å². The molecule has 1 aromatic carbocycles. The Morgan fingerprint density at radius 3 is 2.67 bits per heavy atom. The van der Waals surface area contributed by atoms with E-state index in [1.54, 1.807) is 4.68 Å². The van der Waals surface area contributed by atoms with Crippen LogP contribution in [0.4, 0.5) is 0 Å². The summed E-state index contributed by atoms with van der Waals surface area (Å²) < 4.78 is 1.71. The molecule has 1 amide bonds. The van der Waals surface area contributed by atoms with Gasteiger partial charge < -0.3 is 4.90 Å². The lowest BCUT2D eigenvalue weighted by atomic mass is 10.1. The van der Waals surface area contributed by atoms with Crippen LogP contribution in [0.1, 0.15) is 29.8 Å². The van der Waals surface area contributed by atoms with Crippen LogP contribution < -0.4 is 0 Å². The minimum absolute atomic E-state index is 0.117. The van der Waals surface area contributed by atoms with Gasteiger partial charge in [0.1, 0.15) is 5.69 Å². The number of carbonyl (C=O) groups excluding carboxylic acids is 1. The predicted molar refractivity (Wildman–Crippen MR) is 70.5 cm³/mol. The first-order valence-corrected chi connectivity index (χ1v) is 6.48. The number of likely N-dealkylation sites (tertiary alicyclic amines) is 1. The number of rotatable bonds is 1. The van der Waals surface area contributed by atoms with Gasteiger partial charge in [-0.1, -0.05) is 18.2 Å². The lowest BCUT2D eigenvalue weighted by Crippen LogP contribution is -2.36. The summed E-state index contributed by atoms with van der Waals surface area (Å²) in [7, 11) is 1.84. The summed E-state index contributed by atoms with van der Waals surface area (Å²) in [4.78, 5) is 14.5. The van der Waals surface area contributed by atoms with E-state index in [4.69, 9.17) is 0 Å². The third kappa shape index (κ3) is 1.78. The summed E-state index contributed by atoms with van der Waals surface area (Å²) in [5.74, 6) is 0.117. The normalized spacial score (nSPS) is 16.2. The number of fused-ring (bicyclic) bond motifs is 1. The van der Waals surface area contributed by atoms with Gasteiger partial charge in [-0.25, -0.2) is 0 Å². The Balaban J connectivity index is 2.02. The molecule has 0 aliphatic carbocycles. The second kappa shape index (κ2) is 4.44. The molecule has 0 saturated carbocycles. The molecular formula is C14H17N3O. The number of hydrogen-bond acceptors (Lipinski definition) is 2. The molecule has 2 heterocycles. The minimum atomic E-state index is 0.117. The van der Waals surface area contributed by atoms with Crippen LogP contribution in [-0.2, 0) is 7.05 Å². The fourth-order valence-corrected chi connectivity index (χ4v) is 2.65. The van der Waals surface area contributed by atoms with E-state index in [0.717, 1.165) is 36.8 Å². The summed E-state index contributed by atoms with van der Waals surface area (Å²) in [5.41, 5.74) is 1.60. The van der Waals surface area contributed by atoms with Crippen molar-refractivity contribution in [1.82, 2.24) is 14.7 Å². The van der Waals surface area contributed by atoms with Crippen LogP contribution in [0.25, 0.3) is 10.9 Å². The topological polar surface area (TPSA) is 38.1 Å². The van der Waals surface area contributed by atoms with E-state index in [1.165, 1.54) is 6.42 Å². The molecule has 1 aromatic heterocycles. The number of aryl methyl sites for hydroxylation is 1. The van der Waals surface area contributed by atoms with Crippen LogP contribution in [0, 0.1) is 0 Å². The third-order valence-corrected chi connectivity index (χ3v) is 3.59. The maximum Gasteiger partial charge on any atom is 0.272 e. The molecule has 1 saturated heterocycles. The second-order valence-corrected chi connectivity index (χ2v) is 4.84. The van der Waals surface area contributed by atoms with Crippen molar-refractivity contribution in [2.75, 3.05) is 13.1 Å². The monoisotopic (exact) mass is 243 g/mol. The molecule has 0 spiro atoms. The van der Waals surface area contributed by atoms with Gasteiger partial charge in [-0.2, -0.15) is 5.10 Å². The highest BCUT2D eigenvalue weighted by Crippen LogP contribution is 2.20. The molecule has 3 rings (SSSR count). The van der Waals surface area contributed by atoms with Crippen molar-refractivity contribution in [3.8, 4) is 0 Å². The van der Waals surface area contributed by atoms with E-state index in [-0.39, 0.29) is 5.91 Å². The number of amides is 1. The second-order valence-electron chi connectivity index (χ2n) is 4.84. The van der Waals surface area contributed by atoms with Crippen molar-refractivity contribution in [2.24, 2.45) is 7.05 Å². The van der Waals surface area contributed by atoms with Crippen molar-refractivity contribution in [1.29, 1.82) is 0 Å². The number of carbonyl (C=O) groups is 1. The number of piperidine rings is 1. The first-order chi connectivity index (χ1) is 8.77. The molecule has 4 nitrogen and oxygen atoms in total. The molecule has 1 fully saturated rings. The van der Waals surface area contributed by atoms with Crippen molar-refractivity contribution in [3.05, 3.63) is 30.0 Å². The summed E-state index contributed by atoms with van der Waals surface area (Å²) in [6, 6.07) is 7.82. The molecule has 0 bridgehead atoms. The van der Waals surface area contributed by atoms with Crippen molar-refractivity contribution in [3.63, 3.8) is 0 Å². The summed E-state index contributed by atoms with van der Waals surface area (Å²) in [6.45, 7) is 1.75. The van der Waals surface area contributed by atoms with Gasteiger partial charge in [0.15, 0.2) is 0 Å². The van der Waals surface area contributed by atoms with Gasteiger partial charge in [0.25, 0.3) is 5.91 Å². The number of hydrogen-bond donors (Lipinski definition) is 0. The Hall–Kier alpha value is -1.84. The summed E-state index contributed by atoms with van der Waals surface area (Å²) in [5, 5.41) is 5.35. The van der Waals surface area contributed by atoms with Gasteiger partial charge >= 0.3 is 0 Å². The molecule has 1 aliphatic heterocycles. The van der Waals surface area contributed by atoms with E-state index in [0.29, 0.717) is 5.69 Å². The van der Waals surface area contributed by atoms with E-state index in [9.17, 15) is 4.79 Å². The molecule has 4 heteroatoms. The van der Waals surface area contributed by atoms with Gasteiger partial charge in [0.2, 0.25) is 0 Å². The highest BCUT2D eigenvalue weighted by Gasteiger charge is 2.23. The molecule has 0 N–H and O–H groups in total. The smallest absolute Gasteiger partial charge is 0.272 e. The van der Waals surface area contributed by atoms with Crippen molar-refractivity contribution < 1.29 is 4.79 Å². The Morgan fingerprint density at radius 1 is 1.17 bits per heavy atom. The minimum Gasteiger partial charge on any atom is -0.337 e. The first kappa shape index (κ1) is 11.3. The van der Waals surface area contributed by atoms with E-state index < -0.39 is 0 Å². The zero-order chi connectivity index (χ0) is 12.5. The Bertz CT molecular complexity index is 582. The quantitative estimate of drug-likeness (QED) is 0.770. The van der Waals surface area contributed by atoms with Crippen LogP contribution in [0.2, 0.25) is 0 Å². The van der Waals surface area contributed by atoms with Crippen molar-refractivity contribution in [2.45, 2.75) is 19.3 Å². The van der Waals surface area contributed by atoms with Crippen LogP contribution in [-0.4, -0.2) is 33.7 Å². The fraction of sp³-hybridized carbons (Fsp3) is 0.429. The Kier molecular flexibility index (Phi) is 2.78. The molecule has 0 radical (unpaired) electrons. The summed E-state index contributed by atoms with van der Waals surface area (Å²) in [6.07, 6.45) is 3.46. The van der Waals surface area contributed by atoms with E-state index >= 15 is 0 Å². The molecule has 0 atom stereocenters. The Labute approximate surface area is 106 Å². The Morgan fingerprint density at radius 2 is 1.89 bits per heavy atom. The highest BCUT2D eigenvalue weighted by atomic mass is 16.2. The molecule has 0 unspecified atom stereocenters. The lowest BCUT2D eigenvalue weighted by molar-refractivity contribution is 0.0715. The predicted octanol–water partition coefficient (Wildman–Crippen LogP) is 2.20. The van der Waals surface area contributed by atoms with E-state index in [1.807, 2.05) is 36.2 Å². The summed E-state index contributed by atoms with van der Waals surface area (Å²) >= 11 is 0. The molecule has 94 valence electrons. The van der Waals surface area contributed by atoms with Crippen molar-refractivity contribution >= 4 is 16.8 Å². The van der Waals surface area contributed by atoms with Crippen LogP contribution in [0.15, 0.2) is 24.3 Å². The largest absolute Gasteiger partial charge is 0.337 e. The average molecular weight is 243 g/mol. The third-order valence-electron chi connectivity index (χ3n) is 3.59. The SMILES string of the molecule is Cn1nc2ccccc2c1C(=O)N1CCCCC1. The maximum atomic E-state index is 12.6. The zero-order valence-corrected chi connectivity index (χ0v) is 10.6. The first-order valence-electron chi connectivity index (χ1n) is 6.48. The van der Waals surface area contributed by atoms with Gasteiger partial charge in [-0.15, -0.1) is 0 Å². The molecule has 2 aromatic rings. The maximum absolute atomic E-state index is 12.6. The van der Waals surface area contributed by atoms with Gasteiger partial charge in [-0.05, 0) is 25.3 Å². The lowest BCUT2D eigenvalue weighted by Gasteiger charge is -2.26. The molecular weight excluding hydrogens is 226 g/mol. The standard InChI is InChI=1S/C14H17N3O/c1-16-13(11-7-3-4-8-12(11)15-16)14(18)17-9-5-2-6-10-17/h3-4,7-8H,2,5-6,9-10H2,1H3. The molecule has 18 heavy (non-hydrogen) atoms. The highest BCUT2D eigenvalue weighted by molar-refractivity contribution is 6.05. The van der Waals surface area contributed by atoms with Gasteiger partial charge in [-0.3, -0.25) is 9.48 Å². The fourth-order valence-electron chi connectivity index (χ4n) is 2.65.